The molecule has 1 aromatic rings. The van der Waals surface area contributed by atoms with Gasteiger partial charge in [0.05, 0.1) is 17.5 Å². The van der Waals surface area contributed by atoms with Gasteiger partial charge in [-0.2, -0.15) is 5.10 Å². The van der Waals surface area contributed by atoms with E-state index in [4.69, 9.17) is 11.5 Å². The molecule has 8 nitrogen and oxygen atoms in total. The highest BCUT2D eigenvalue weighted by atomic mass is 16.3. The van der Waals surface area contributed by atoms with Crippen molar-refractivity contribution in [1.29, 1.82) is 0 Å². The molecule has 2 amide bonds. The van der Waals surface area contributed by atoms with E-state index in [0.717, 1.165) is 6.42 Å². The fourth-order valence-corrected chi connectivity index (χ4v) is 2.43. The maximum absolute atomic E-state index is 12.4. The molecule has 1 aromatic heterocycles. The molecule has 0 aromatic carbocycles. The quantitative estimate of drug-likeness (QED) is 0.561. The lowest BCUT2D eigenvalue weighted by Gasteiger charge is -2.20. The van der Waals surface area contributed by atoms with E-state index in [9.17, 15) is 14.7 Å². The molecule has 0 bridgehead atoms. The maximum atomic E-state index is 12.4. The van der Waals surface area contributed by atoms with Crippen LogP contribution in [0.2, 0.25) is 0 Å². The van der Waals surface area contributed by atoms with Crippen molar-refractivity contribution >= 4 is 17.5 Å². The van der Waals surface area contributed by atoms with Crippen molar-refractivity contribution in [2.24, 2.45) is 5.73 Å². The number of aromatic nitrogens is 2. The predicted molar refractivity (Wildman–Crippen MR) is 71.6 cm³/mol. The number of carbonyl (C=O) groups excluding carboxylic acids is 2. The van der Waals surface area contributed by atoms with Crippen LogP contribution in [-0.2, 0) is 11.2 Å². The lowest BCUT2D eigenvalue weighted by Crippen LogP contribution is -2.44. The standard InChI is InChI=1S/C12H19N5O3/c1-2-3-7-9(13)10(16-15-7)12(20)17-5-6(18)4-8(17)11(14)19/h6,8,18H,2-5,13H2,1H3,(H2,14,19)(H,15,16). The van der Waals surface area contributed by atoms with Crippen molar-refractivity contribution in [3.63, 3.8) is 0 Å². The monoisotopic (exact) mass is 281 g/mol. The second-order valence-electron chi connectivity index (χ2n) is 4.98. The SMILES string of the molecule is CCCc1[nH]nc(C(=O)N2CC(O)CC2C(N)=O)c1N. The Balaban J connectivity index is 2.24. The molecule has 2 unspecified atom stereocenters. The van der Waals surface area contributed by atoms with Crippen LogP contribution in [0.5, 0.6) is 0 Å². The highest BCUT2D eigenvalue weighted by molar-refractivity contribution is 6.00. The minimum atomic E-state index is -0.816. The van der Waals surface area contributed by atoms with Gasteiger partial charge in [0.25, 0.3) is 5.91 Å². The van der Waals surface area contributed by atoms with Crippen LogP contribution < -0.4 is 11.5 Å². The number of aliphatic hydroxyl groups is 1. The van der Waals surface area contributed by atoms with E-state index in [1.165, 1.54) is 4.90 Å². The first-order chi connectivity index (χ1) is 9.45. The summed E-state index contributed by atoms with van der Waals surface area (Å²) in [6.45, 7) is 2.05. The lowest BCUT2D eigenvalue weighted by atomic mass is 10.1. The molecule has 0 saturated carbocycles. The fourth-order valence-electron chi connectivity index (χ4n) is 2.43. The molecule has 20 heavy (non-hydrogen) atoms. The van der Waals surface area contributed by atoms with E-state index in [-0.39, 0.29) is 18.7 Å². The summed E-state index contributed by atoms with van der Waals surface area (Å²) in [5, 5.41) is 16.3. The third-order valence-corrected chi connectivity index (χ3v) is 3.45. The minimum absolute atomic E-state index is 0.0574. The van der Waals surface area contributed by atoms with E-state index >= 15 is 0 Å². The van der Waals surface area contributed by atoms with Gasteiger partial charge in [-0.3, -0.25) is 14.7 Å². The number of β-amino-alcohol motifs (C(OH)–C–C–N with tert-alkyl or cyclic N) is 1. The molecule has 1 saturated heterocycles. The summed E-state index contributed by atoms with van der Waals surface area (Å²) in [7, 11) is 0. The summed E-state index contributed by atoms with van der Waals surface area (Å²) >= 11 is 0. The minimum Gasteiger partial charge on any atom is -0.395 e. The molecule has 1 fully saturated rings. The van der Waals surface area contributed by atoms with Gasteiger partial charge in [0.15, 0.2) is 5.69 Å². The molecule has 2 rings (SSSR count). The van der Waals surface area contributed by atoms with Gasteiger partial charge in [-0.05, 0) is 6.42 Å². The number of nitrogens with one attached hydrogen (secondary N) is 1. The molecule has 0 radical (unpaired) electrons. The number of hydrogen-bond acceptors (Lipinski definition) is 5. The molecule has 6 N–H and O–H groups in total. The molecule has 110 valence electrons. The van der Waals surface area contributed by atoms with Crippen LogP contribution in [-0.4, -0.2) is 50.7 Å². The van der Waals surface area contributed by atoms with Gasteiger partial charge >= 0.3 is 0 Å². The van der Waals surface area contributed by atoms with Gasteiger partial charge in [-0.25, -0.2) is 0 Å². The Labute approximate surface area is 116 Å². The summed E-state index contributed by atoms with van der Waals surface area (Å²) in [6, 6.07) is -0.816. The number of hydrogen-bond donors (Lipinski definition) is 4. The van der Waals surface area contributed by atoms with Gasteiger partial charge in [-0.1, -0.05) is 13.3 Å². The van der Waals surface area contributed by atoms with Crippen molar-refractivity contribution in [1.82, 2.24) is 15.1 Å². The number of aromatic amines is 1. The van der Waals surface area contributed by atoms with E-state index in [1.807, 2.05) is 6.92 Å². The molecule has 0 aliphatic carbocycles. The topological polar surface area (TPSA) is 138 Å². The van der Waals surface area contributed by atoms with Gasteiger partial charge in [0, 0.05) is 13.0 Å². The van der Waals surface area contributed by atoms with Crippen molar-refractivity contribution in [3.05, 3.63) is 11.4 Å². The zero-order chi connectivity index (χ0) is 14.9. The van der Waals surface area contributed by atoms with Gasteiger partial charge in [0.1, 0.15) is 6.04 Å². The highest BCUT2D eigenvalue weighted by Gasteiger charge is 2.39. The smallest absolute Gasteiger partial charge is 0.277 e. The molecular formula is C12H19N5O3. The first-order valence-corrected chi connectivity index (χ1v) is 6.56. The van der Waals surface area contributed by atoms with Crippen LogP contribution in [0.3, 0.4) is 0 Å². The van der Waals surface area contributed by atoms with Gasteiger partial charge < -0.3 is 21.5 Å². The fraction of sp³-hybridized carbons (Fsp3) is 0.583. The molecule has 1 aliphatic heterocycles. The van der Waals surface area contributed by atoms with Crippen LogP contribution in [0.1, 0.15) is 35.9 Å². The third kappa shape index (κ3) is 2.46. The molecule has 0 spiro atoms. The number of nitrogens with zero attached hydrogens (tertiary/aromatic N) is 2. The van der Waals surface area contributed by atoms with E-state index in [2.05, 4.69) is 10.2 Å². The number of aryl methyl sites for hydroxylation is 1. The van der Waals surface area contributed by atoms with Crippen molar-refractivity contribution in [2.75, 3.05) is 12.3 Å². The zero-order valence-corrected chi connectivity index (χ0v) is 11.3. The average molecular weight is 281 g/mol. The number of primary amides is 1. The van der Waals surface area contributed by atoms with E-state index < -0.39 is 24.0 Å². The van der Waals surface area contributed by atoms with E-state index in [0.29, 0.717) is 17.8 Å². The Bertz CT molecular complexity index is 527. The number of likely N-dealkylation sites (tertiary alicyclic amines) is 1. The molecule has 1 aliphatic rings. The number of aliphatic hydroxyl groups excluding tert-OH is 1. The Morgan fingerprint density at radius 3 is 2.85 bits per heavy atom. The normalized spacial score (nSPS) is 22.2. The molecular weight excluding hydrogens is 262 g/mol. The molecule has 2 heterocycles. The van der Waals surface area contributed by atoms with Crippen molar-refractivity contribution in [3.8, 4) is 0 Å². The second kappa shape index (κ2) is 5.49. The van der Waals surface area contributed by atoms with E-state index in [1.54, 1.807) is 0 Å². The molecule has 2 atom stereocenters. The number of nitrogen functional groups attached to an aromatic ring is 1. The zero-order valence-electron chi connectivity index (χ0n) is 11.3. The first-order valence-electron chi connectivity index (χ1n) is 6.56. The number of amides is 2. The summed E-state index contributed by atoms with van der Waals surface area (Å²) in [5.74, 6) is -1.13. The Morgan fingerprint density at radius 2 is 2.25 bits per heavy atom. The molecule has 8 heteroatoms. The number of anilines is 1. The van der Waals surface area contributed by atoms with Gasteiger partial charge in [0.2, 0.25) is 5.91 Å². The number of H-pyrrole nitrogens is 1. The summed E-state index contributed by atoms with van der Waals surface area (Å²) < 4.78 is 0. The Kier molecular flexibility index (Phi) is 3.93. The van der Waals surface area contributed by atoms with Crippen LogP contribution in [0.15, 0.2) is 0 Å². The predicted octanol–water partition coefficient (Wildman–Crippen LogP) is -0.995. The largest absolute Gasteiger partial charge is 0.395 e. The maximum Gasteiger partial charge on any atom is 0.277 e. The van der Waals surface area contributed by atoms with Crippen LogP contribution >= 0.6 is 0 Å². The number of nitrogens with two attached hydrogens (primary N) is 2. The van der Waals surface area contributed by atoms with Crippen molar-refractivity contribution in [2.45, 2.75) is 38.3 Å². The summed E-state index contributed by atoms with van der Waals surface area (Å²) in [6.07, 6.45) is 0.944. The third-order valence-electron chi connectivity index (χ3n) is 3.45. The van der Waals surface area contributed by atoms with Crippen LogP contribution in [0, 0.1) is 0 Å². The highest BCUT2D eigenvalue weighted by Crippen LogP contribution is 2.23. The Morgan fingerprint density at radius 1 is 1.55 bits per heavy atom. The number of rotatable bonds is 4. The second-order valence-corrected chi connectivity index (χ2v) is 4.98. The Hall–Kier alpha value is -2.09. The van der Waals surface area contributed by atoms with Crippen molar-refractivity contribution < 1.29 is 14.7 Å². The first kappa shape index (κ1) is 14.3. The summed E-state index contributed by atoms with van der Waals surface area (Å²) in [4.78, 5) is 25.0. The average Bonchev–Trinajstić information content (AvgIpc) is 2.94. The lowest BCUT2D eigenvalue weighted by molar-refractivity contribution is -0.121. The summed E-state index contributed by atoms with van der Waals surface area (Å²) in [5.41, 5.74) is 12.2. The van der Waals surface area contributed by atoms with Crippen LogP contribution in [0.4, 0.5) is 5.69 Å². The number of carbonyl (C=O) groups is 2. The van der Waals surface area contributed by atoms with Gasteiger partial charge in [-0.15, -0.1) is 0 Å². The van der Waals surface area contributed by atoms with Crippen LogP contribution in [0.25, 0.3) is 0 Å².